The van der Waals surface area contributed by atoms with E-state index in [1.54, 1.807) is 12.3 Å². The fourth-order valence-electron chi connectivity index (χ4n) is 1.78. The zero-order valence-electron chi connectivity index (χ0n) is 12.8. The molecule has 0 fully saturated rings. The molecule has 1 heterocycles. The van der Waals surface area contributed by atoms with Crippen molar-refractivity contribution in [3.8, 4) is 0 Å². The van der Waals surface area contributed by atoms with Gasteiger partial charge in [0.15, 0.2) is 0 Å². The van der Waals surface area contributed by atoms with Crippen LogP contribution in [0.5, 0.6) is 0 Å². The van der Waals surface area contributed by atoms with Crippen molar-refractivity contribution in [2.75, 3.05) is 0 Å². The Morgan fingerprint density at radius 1 is 1.23 bits per heavy atom. The van der Waals surface area contributed by atoms with E-state index in [-0.39, 0.29) is 5.91 Å². The van der Waals surface area contributed by atoms with E-state index in [4.69, 9.17) is 0 Å². The Bertz CT molecular complexity index is 673. The van der Waals surface area contributed by atoms with Crippen molar-refractivity contribution in [1.29, 1.82) is 0 Å². The van der Waals surface area contributed by atoms with Crippen LogP contribution in [0.15, 0.2) is 59.8 Å². The molecule has 22 heavy (non-hydrogen) atoms. The number of carbonyl (C=O) groups excluding carboxylic acids is 1. The maximum absolute atomic E-state index is 11.9. The van der Waals surface area contributed by atoms with E-state index < -0.39 is 0 Å². The predicted octanol–water partition coefficient (Wildman–Crippen LogP) is 3.46. The minimum absolute atomic E-state index is 0.310. The van der Waals surface area contributed by atoms with Crippen LogP contribution in [0, 0.1) is 0 Å². The van der Waals surface area contributed by atoms with E-state index in [2.05, 4.69) is 15.5 Å². The topological polar surface area (TPSA) is 54.4 Å². The average Bonchev–Trinajstić information content (AvgIpc) is 2.58. The van der Waals surface area contributed by atoms with Crippen LogP contribution in [0.1, 0.15) is 35.5 Å². The molecule has 0 aliphatic heterocycles. The quantitative estimate of drug-likeness (QED) is 0.678. The largest absolute Gasteiger partial charge is 0.289 e. The SMILES string of the molecule is CCc1ccc(C(=O)NN=C(C)/C=C/c2ccccc2)nc1. The highest BCUT2D eigenvalue weighted by molar-refractivity contribution is 5.98. The number of nitrogens with one attached hydrogen (secondary N) is 1. The lowest BCUT2D eigenvalue weighted by atomic mass is 10.2. The normalized spacial score (nSPS) is 11.6. The fraction of sp³-hybridized carbons (Fsp3) is 0.167. The minimum Gasteiger partial charge on any atom is -0.266 e. The number of hydrogen-bond acceptors (Lipinski definition) is 3. The van der Waals surface area contributed by atoms with Gasteiger partial charge in [0.1, 0.15) is 5.69 Å². The number of allylic oxidation sites excluding steroid dienone is 1. The Hall–Kier alpha value is -2.75. The van der Waals surface area contributed by atoms with Gasteiger partial charge in [-0.1, -0.05) is 49.4 Å². The van der Waals surface area contributed by atoms with Gasteiger partial charge in [-0.3, -0.25) is 9.78 Å². The van der Waals surface area contributed by atoms with Crippen molar-refractivity contribution >= 4 is 17.7 Å². The van der Waals surface area contributed by atoms with Gasteiger partial charge < -0.3 is 0 Å². The summed E-state index contributed by atoms with van der Waals surface area (Å²) < 4.78 is 0. The first-order chi connectivity index (χ1) is 10.7. The Labute approximate surface area is 130 Å². The lowest BCUT2D eigenvalue weighted by Gasteiger charge is -2.01. The molecule has 4 heteroatoms. The summed E-state index contributed by atoms with van der Waals surface area (Å²) in [5, 5.41) is 4.05. The monoisotopic (exact) mass is 293 g/mol. The van der Waals surface area contributed by atoms with Crippen molar-refractivity contribution in [1.82, 2.24) is 10.4 Å². The van der Waals surface area contributed by atoms with Crippen LogP contribution in [-0.2, 0) is 6.42 Å². The van der Waals surface area contributed by atoms with Crippen LogP contribution in [0.25, 0.3) is 6.08 Å². The summed E-state index contributed by atoms with van der Waals surface area (Å²) in [6, 6.07) is 13.5. The molecule has 0 atom stereocenters. The maximum atomic E-state index is 11.9. The molecule has 1 amide bonds. The van der Waals surface area contributed by atoms with Gasteiger partial charge in [0.05, 0.1) is 5.71 Å². The third kappa shape index (κ3) is 4.66. The van der Waals surface area contributed by atoms with Gasteiger partial charge in [0.25, 0.3) is 5.91 Å². The second-order valence-corrected chi connectivity index (χ2v) is 4.84. The highest BCUT2D eigenvalue weighted by atomic mass is 16.2. The third-order valence-corrected chi connectivity index (χ3v) is 3.12. The van der Waals surface area contributed by atoms with Crippen LogP contribution in [-0.4, -0.2) is 16.6 Å². The smallest absolute Gasteiger partial charge is 0.266 e. The Morgan fingerprint density at radius 3 is 2.64 bits per heavy atom. The fourth-order valence-corrected chi connectivity index (χ4v) is 1.78. The van der Waals surface area contributed by atoms with Crippen LogP contribution in [0.4, 0.5) is 0 Å². The van der Waals surface area contributed by atoms with E-state index in [9.17, 15) is 4.79 Å². The number of hydrazone groups is 1. The molecule has 0 radical (unpaired) electrons. The summed E-state index contributed by atoms with van der Waals surface area (Å²) in [6.45, 7) is 3.87. The summed E-state index contributed by atoms with van der Waals surface area (Å²) in [5.41, 5.74) is 5.76. The molecule has 0 saturated heterocycles. The van der Waals surface area contributed by atoms with Gasteiger partial charge in [0, 0.05) is 6.20 Å². The van der Waals surface area contributed by atoms with Crippen LogP contribution in [0.2, 0.25) is 0 Å². The molecule has 1 aromatic carbocycles. The first-order valence-corrected chi connectivity index (χ1v) is 7.21. The van der Waals surface area contributed by atoms with Gasteiger partial charge in [0.2, 0.25) is 0 Å². The number of pyridine rings is 1. The first kappa shape index (κ1) is 15.6. The standard InChI is InChI=1S/C18H19N3O/c1-3-15-11-12-17(19-13-15)18(22)21-20-14(2)9-10-16-7-5-4-6-8-16/h4-13H,3H2,1-2H3,(H,21,22)/b10-9+,20-14?. The van der Waals surface area contributed by atoms with Crippen LogP contribution < -0.4 is 5.43 Å². The number of aromatic nitrogens is 1. The molecule has 0 unspecified atom stereocenters. The lowest BCUT2D eigenvalue weighted by Crippen LogP contribution is -2.19. The molecule has 0 saturated carbocycles. The lowest BCUT2D eigenvalue weighted by molar-refractivity contribution is 0.0950. The van der Waals surface area contributed by atoms with Crippen LogP contribution in [0.3, 0.4) is 0 Å². The Kier molecular flexibility index (Phi) is 5.60. The highest BCUT2D eigenvalue weighted by Crippen LogP contribution is 2.02. The Morgan fingerprint density at radius 2 is 2.00 bits per heavy atom. The summed E-state index contributed by atoms with van der Waals surface area (Å²) in [7, 11) is 0. The number of amides is 1. The zero-order chi connectivity index (χ0) is 15.8. The number of aryl methyl sites for hydroxylation is 1. The molecular formula is C18H19N3O. The average molecular weight is 293 g/mol. The van der Waals surface area contributed by atoms with Gasteiger partial charge in [-0.15, -0.1) is 0 Å². The van der Waals surface area contributed by atoms with Gasteiger partial charge in [-0.25, -0.2) is 5.43 Å². The molecule has 1 aromatic heterocycles. The number of nitrogens with zero attached hydrogens (tertiary/aromatic N) is 2. The van der Waals surface area contributed by atoms with Crippen LogP contribution >= 0.6 is 0 Å². The van der Waals surface area contributed by atoms with Crippen molar-refractivity contribution < 1.29 is 4.79 Å². The minimum atomic E-state index is -0.310. The van der Waals surface area contributed by atoms with E-state index in [0.29, 0.717) is 11.4 Å². The maximum Gasteiger partial charge on any atom is 0.289 e. The van der Waals surface area contributed by atoms with Crippen molar-refractivity contribution in [3.05, 3.63) is 71.6 Å². The van der Waals surface area contributed by atoms with E-state index >= 15 is 0 Å². The van der Waals surface area contributed by atoms with E-state index in [0.717, 1.165) is 17.5 Å². The summed E-state index contributed by atoms with van der Waals surface area (Å²) in [5.74, 6) is -0.310. The number of hydrogen-bond donors (Lipinski definition) is 1. The molecule has 0 spiro atoms. The molecular weight excluding hydrogens is 274 g/mol. The number of benzene rings is 1. The van der Waals surface area contributed by atoms with Crippen molar-refractivity contribution in [2.24, 2.45) is 5.10 Å². The Balaban J connectivity index is 1.94. The second kappa shape index (κ2) is 7.88. The molecule has 0 bridgehead atoms. The molecule has 112 valence electrons. The number of rotatable bonds is 5. The first-order valence-electron chi connectivity index (χ1n) is 7.21. The van der Waals surface area contributed by atoms with Gasteiger partial charge in [-0.2, -0.15) is 5.10 Å². The van der Waals surface area contributed by atoms with Gasteiger partial charge in [-0.05, 0) is 36.6 Å². The molecule has 0 aliphatic rings. The summed E-state index contributed by atoms with van der Waals surface area (Å²) >= 11 is 0. The highest BCUT2D eigenvalue weighted by Gasteiger charge is 2.05. The van der Waals surface area contributed by atoms with Crippen molar-refractivity contribution in [3.63, 3.8) is 0 Å². The molecule has 2 aromatic rings. The predicted molar refractivity (Wildman–Crippen MR) is 89.7 cm³/mol. The summed E-state index contributed by atoms with van der Waals surface area (Å²) in [6.07, 6.45) is 6.40. The third-order valence-electron chi connectivity index (χ3n) is 3.12. The van der Waals surface area contributed by atoms with Crippen molar-refractivity contribution in [2.45, 2.75) is 20.3 Å². The van der Waals surface area contributed by atoms with Gasteiger partial charge >= 0.3 is 0 Å². The molecule has 1 N–H and O–H groups in total. The molecule has 0 aliphatic carbocycles. The zero-order valence-corrected chi connectivity index (χ0v) is 12.8. The second-order valence-electron chi connectivity index (χ2n) is 4.84. The summed E-state index contributed by atoms with van der Waals surface area (Å²) in [4.78, 5) is 16.0. The molecule has 4 nitrogen and oxygen atoms in total. The number of carbonyl (C=O) groups is 1. The molecule has 2 rings (SSSR count). The van der Waals surface area contributed by atoms with E-state index in [1.807, 2.05) is 62.4 Å². The van der Waals surface area contributed by atoms with E-state index in [1.165, 1.54) is 0 Å².